The van der Waals surface area contributed by atoms with Crippen molar-refractivity contribution in [1.29, 1.82) is 0 Å². The summed E-state index contributed by atoms with van der Waals surface area (Å²) in [6.45, 7) is 4.92. The number of amides is 1. The van der Waals surface area contributed by atoms with E-state index in [1.54, 1.807) is 0 Å². The second-order valence-electron chi connectivity index (χ2n) is 7.68. The number of carbonyl (C=O) groups is 4. The van der Waals surface area contributed by atoms with Crippen molar-refractivity contribution in [3.8, 4) is 0 Å². The van der Waals surface area contributed by atoms with Crippen LogP contribution in [-0.2, 0) is 49.3 Å². The SMILES string of the molecule is CC(=O)N[C@H]1[C@H](OCCCc2ccccc2)O[C@H](COC(C)=O)[C@@H](OC(C)=O)[C@@H]1OC(C)=O. The van der Waals surface area contributed by atoms with Gasteiger partial charge in [-0.3, -0.25) is 19.2 Å². The van der Waals surface area contributed by atoms with Crippen LogP contribution in [-0.4, -0.2) is 67.7 Å². The normalized spacial score (nSPS) is 24.4. The van der Waals surface area contributed by atoms with Crippen LogP contribution in [0.2, 0.25) is 0 Å². The summed E-state index contributed by atoms with van der Waals surface area (Å²) >= 11 is 0. The zero-order valence-electron chi connectivity index (χ0n) is 19.3. The Labute approximate surface area is 192 Å². The van der Waals surface area contributed by atoms with Crippen molar-refractivity contribution in [3.05, 3.63) is 35.9 Å². The maximum absolute atomic E-state index is 11.9. The summed E-state index contributed by atoms with van der Waals surface area (Å²) in [4.78, 5) is 46.8. The summed E-state index contributed by atoms with van der Waals surface area (Å²) in [6.07, 6.45) is -2.85. The van der Waals surface area contributed by atoms with Crippen molar-refractivity contribution in [2.45, 2.75) is 71.2 Å². The van der Waals surface area contributed by atoms with Gasteiger partial charge in [0, 0.05) is 27.7 Å². The minimum Gasteiger partial charge on any atom is -0.463 e. The first-order valence-corrected chi connectivity index (χ1v) is 10.7. The maximum atomic E-state index is 11.9. The number of nitrogens with one attached hydrogen (secondary N) is 1. The van der Waals surface area contributed by atoms with E-state index in [-0.39, 0.29) is 13.2 Å². The molecule has 10 heteroatoms. The summed E-state index contributed by atoms with van der Waals surface area (Å²) < 4.78 is 27.7. The molecule has 1 N–H and O–H groups in total. The third-order valence-corrected chi connectivity index (χ3v) is 4.81. The van der Waals surface area contributed by atoms with Crippen molar-refractivity contribution in [1.82, 2.24) is 5.32 Å². The van der Waals surface area contributed by atoms with Crippen LogP contribution in [0.1, 0.15) is 39.7 Å². The Kier molecular flexibility index (Phi) is 10.3. The van der Waals surface area contributed by atoms with E-state index >= 15 is 0 Å². The molecular weight excluding hydrogens is 434 g/mol. The highest BCUT2D eigenvalue weighted by atomic mass is 16.7. The number of esters is 3. The van der Waals surface area contributed by atoms with Crippen molar-refractivity contribution < 1.29 is 42.9 Å². The number of hydrogen-bond donors (Lipinski definition) is 1. The Balaban J connectivity index is 2.21. The summed E-state index contributed by atoms with van der Waals surface area (Å²) in [7, 11) is 0. The van der Waals surface area contributed by atoms with E-state index in [0.717, 1.165) is 12.0 Å². The van der Waals surface area contributed by atoms with Gasteiger partial charge in [-0.25, -0.2) is 0 Å². The summed E-state index contributed by atoms with van der Waals surface area (Å²) in [5, 5.41) is 2.67. The average molecular weight is 465 g/mol. The van der Waals surface area contributed by atoms with Gasteiger partial charge in [-0.05, 0) is 18.4 Å². The van der Waals surface area contributed by atoms with E-state index in [9.17, 15) is 19.2 Å². The molecule has 1 aliphatic rings. The van der Waals surface area contributed by atoms with Crippen LogP contribution in [0.4, 0.5) is 0 Å². The van der Waals surface area contributed by atoms with E-state index in [1.165, 1.54) is 27.7 Å². The van der Waals surface area contributed by atoms with Crippen molar-refractivity contribution in [3.63, 3.8) is 0 Å². The van der Waals surface area contributed by atoms with Gasteiger partial charge >= 0.3 is 17.9 Å². The Bertz CT molecular complexity index is 813. The maximum Gasteiger partial charge on any atom is 0.303 e. The lowest BCUT2D eigenvalue weighted by Crippen LogP contribution is -2.66. The smallest absolute Gasteiger partial charge is 0.303 e. The van der Waals surface area contributed by atoms with Crippen molar-refractivity contribution in [2.75, 3.05) is 13.2 Å². The fourth-order valence-corrected chi connectivity index (χ4v) is 3.55. The van der Waals surface area contributed by atoms with Crippen LogP contribution in [0, 0.1) is 0 Å². The predicted octanol–water partition coefficient (Wildman–Crippen LogP) is 1.29. The van der Waals surface area contributed by atoms with E-state index < -0.39 is 54.5 Å². The zero-order valence-corrected chi connectivity index (χ0v) is 19.3. The van der Waals surface area contributed by atoms with E-state index in [1.807, 2.05) is 30.3 Å². The first-order chi connectivity index (χ1) is 15.7. The van der Waals surface area contributed by atoms with Gasteiger partial charge in [-0.2, -0.15) is 0 Å². The number of benzene rings is 1. The molecule has 10 nitrogen and oxygen atoms in total. The number of aryl methyl sites for hydroxylation is 1. The summed E-state index contributed by atoms with van der Waals surface area (Å²) in [5.74, 6) is -2.28. The second-order valence-corrected chi connectivity index (χ2v) is 7.68. The number of carbonyl (C=O) groups excluding carboxylic acids is 4. The lowest BCUT2D eigenvalue weighted by Gasteiger charge is -2.44. The zero-order chi connectivity index (χ0) is 24.4. The van der Waals surface area contributed by atoms with Crippen molar-refractivity contribution in [2.24, 2.45) is 0 Å². The molecule has 0 aromatic heterocycles. The van der Waals surface area contributed by atoms with Gasteiger partial charge in [-0.1, -0.05) is 30.3 Å². The van der Waals surface area contributed by atoms with Crippen LogP contribution < -0.4 is 5.32 Å². The quantitative estimate of drug-likeness (QED) is 0.309. The Morgan fingerprint density at radius 3 is 2.12 bits per heavy atom. The Morgan fingerprint density at radius 1 is 0.909 bits per heavy atom. The van der Waals surface area contributed by atoms with Crippen molar-refractivity contribution >= 4 is 23.8 Å². The van der Waals surface area contributed by atoms with Gasteiger partial charge in [0.15, 0.2) is 18.5 Å². The average Bonchev–Trinajstić information content (AvgIpc) is 2.73. The lowest BCUT2D eigenvalue weighted by molar-refractivity contribution is -0.277. The molecule has 0 bridgehead atoms. The second kappa shape index (κ2) is 12.9. The van der Waals surface area contributed by atoms with E-state index in [0.29, 0.717) is 6.42 Å². The van der Waals surface area contributed by atoms with Gasteiger partial charge in [0.05, 0.1) is 6.61 Å². The molecule has 182 valence electrons. The minimum absolute atomic E-state index is 0.262. The predicted molar refractivity (Wildman–Crippen MR) is 115 cm³/mol. The number of hydrogen-bond acceptors (Lipinski definition) is 9. The fraction of sp³-hybridized carbons (Fsp3) is 0.565. The molecule has 1 amide bonds. The highest BCUT2D eigenvalue weighted by Crippen LogP contribution is 2.28. The monoisotopic (exact) mass is 465 g/mol. The molecule has 0 spiro atoms. The fourth-order valence-electron chi connectivity index (χ4n) is 3.55. The van der Waals surface area contributed by atoms with Crippen LogP contribution in [0.5, 0.6) is 0 Å². The van der Waals surface area contributed by atoms with Crippen LogP contribution in [0.15, 0.2) is 30.3 Å². The summed E-state index contributed by atoms with van der Waals surface area (Å²) in [5.41, 5.74) is 1.14. The Hall–Kier alpha value is -2.98. The van der Waals surface area contributed by atoms with Crippen LogP contribution >= 0.6 is 0 Å². The first-order valence-electron chi connectivity index (χ1n) is 10.7. The largest absolute Gasteiger partial charge is 0.463 e. The molecule has 5 atom stereocenters. The molecular formula is C23H31NO9. The van der Waals surface area contributed by atoms with Gasteiger partial charge in [0.1, 0.15) is 18.8 Å². The first kappa shape index (κ1) is 26.3. The lowest BCUT2D eigenvalue weighted by atomic mass is 9.96. The molecule has 33 heavy (non-hydrogen) atoms. The van der Waals surface area contributed by atoms with Gasteiger partial charge in [0.25, 0.3) is 0 Å². The van der Waals surface area contributed by atoms with Gasteiger partial charge in [-0.15, -0.1) is 0 Å². The third kappa shape index (κ3) is 8.82. The number of ether oxygens (including phenoxy) is 5. The van der Waals surface area contributed by atoms with Crippen LogP contribution in [0.25, 0.3) is 0 Å². The van der Waals surface area contributed by atoms with Gasteiger partial charge < -0.3 is 29.0 Å². The molecule has 1 saturated heterocycles. The molecule has 1 aliphatic heterocycles. The highest BCUT2D eigenvalue weighted by molar-refractivity contribution is 5.73. The molecule has 2 rings (SSSR count). The molecule has 1 heterocycles. The van der Waals surface area contributed by atoms with Gasteiger partial charge in [0.2, 0.25) is 5.91 Å². The Morgan fingerprint density at radius 2 is 1.55 bits per heavy atom. The molecule has 1 fully saturated rings. The van der Waals surface area contributed by atoms with E-state index in [4.69, 9.17) is 23.7 Å². The highest BCUT2D eigenvalue weighted by Gasteiger charge is 2.51. The molecule has 1 aromatic rings. The molecule has 0 saturated carbocycles. The van der Waals surface area contributed by atoms with Crippen LogP contribution in [0.3, 0.4) is 0 Å². The molecule has 0 aliphatic carbocycles. The summed E-state index contributed by atoms with van der Waals surface area (Å²) in [6, 6.07) is 8.89. The molecule has 0 radical (unpaired) electrons. The third-order valence-electron chi connectivity index (χ3n) is 4.81. The minimum atomic E-state index is -1.13. The molecule has 0 unspecified atom stereocenters. The standard InChI is InChI=1S/C23H31NO9/c1-14(25)24-20-22(32-17(4)28)21(31-16(3)27)19(13-30-15(2)26)33-23(20)29-12-8-11-18-9-6-5-7-10-18/h5-7,9-10,19-23H,8,11-13H2,1-4H3,(H,24,25)/t19-,20-,21-,22-,23-/m1/s1. The van der Waals surface area contributed by atoms with E-state index in [2.05, 4.69) is 5.32 Å². The topological polar surface area (TPSA) is 126 Å². The number of rotatable bonds is 10. The molecule has 1 aromatic carbocycles.